The van der Waals surface area contributed by atoms with Gasteiger partial charge in [0, 0.05) is 36.6 Å². The Kier molecular flexibility index (Phi) is 7.21. The number of carbonyl (C=O) groups is 2. The van der Waals surface area contributed by atoms with Crippen LogP contribution in [0.2, 0.25) is 0 Å². The summed E-state index contributed by atoms with van der Waals surface area (Å²) in [7, 11) is 0. The highest BCUT2D eigenvalue weighted by molar-refractivity contribution is 6.04. The first-order chi connectivity index (χ1) is 16.1. The van der Waals surface area contributed by atoms with E-state index < -0.39 is 0 Å². The van der Waals surface area contributed by atoms with Crippen molar-refractivity contribution in [1.29, 1.82) is 0 Å². The number of hydrogen-bond donors (Lipinski definition) is 3. The number of ether oxygens (including phenoxy) is 1. The van der Waals surface area contributed by atoms with Gasteiger partial charge in [-0.25, -0.2) is 9.48 Å². The second-order valence-corrected chi connectivity index (χ2v) is 7.71. The van der Waals surface area contributed by atoms with Gasteiger partial charge in [0.2, 0.25) is 0 Å². The molecular formula is C24H28N6O3. The van der Waals surface area contributed by atoms with E-state index in [9.17, 15) is 9.59 Å². The molecule has 0 bridgehead atoms. The van der Waals surface area contributed by atoms with Gasteiger partial charge >= 0.3 is 6.03 Å². The Hall–Kier alpha value is -3.85. The zero-order valence-corrected chi connectivity index (χ0v) is 18.6. The average molecular weight is 449 g/mol. The summed E-state index contributed by atoms with van der Waals surface area (Å²) < 4.78 is 7.01. The largest absolute Gasteiger partial charge is 0.378 e. The molecule has 9 nitrogen and oxygen atoms in total. The third-order valence-electron chi connectivity index (χ3n) is 5.25. The van der Waals surface area contributed by atoms with Gasteiger partial charge in [0.1, 0.15) is 0 Å². The lowest BCUT2D eigenvalue weighted by molar-refractivity contribution is 0.102. The molecule has 2 heterocycles. The SMILES string of the molecule is CCCNC(=O)Nc1cnn(-c2cccc(C(=O)Nc3ccc(N4CCOCC4)cc3)c2)c1. The third-order valence-corrected chi connectivity index (χ3v) is 5.25. The van der Waals surface area contributed by atoms with Gasteiger partial charge in [-0.1, -0.05) is 13.0 Å². The Morgan fingerprint density at radius 3 is 2.55 bits per heavy atom. The fourth-order valence-electron chi connectivity index (χ4n) is 3.51. The second kappa shape index (κ2) is 10.6. The molecule has 3 amide bonds. The normalized spacial score (nSPS) is 13.4. The summed E-state index contributed by atoms with van der Waals surface area (Å²) in [6, 6.07) is 14.7. The average Bonchev–Trinajstić information content (AvgIpc) is 3.32. The number of aromatic nitrogens is 2. The maximum absolute atomic E-state index is 12.8. The molecule has 0 saturated carbocycles. The van der Waals surface area contributed by atoms with Gasteiger partial charge in [0.05, 0.1) is 37.0 Å². The van der Waals surface area contributed by atoms with Crippen LogP contribution in [0.3, 0.4) is 0 Å². The Labute approximate surface area is 192 Å². The van der Waals surface area contributed by atoms with E-state index in [0.29, 0.717) is 23.5 Å². The number of morpholine rings is 1. The van der Waals surface area contributed by atoms with Crippen molar-refractivity contribution in [2.75, 3.05) is 48.4 Å². The molecule has 0 spiro atoms. The van der Waals surface area contributed by atoms with Crippen molar-refractivity contribution >= 4 is 29.0 Å². The van der Waals surface area contributed by atoms with E-state index in [0.717, 1.165) is 44.1 Å². The first kappa shape index (κ1) is 22.3. The van der Waals surface area contributed by atoms with Crippen LogP contribution in [0.25, 0.3) is 5.69 Å². The van der Waals surface area contributed by atoms with Crippen LogP contribution in [-0.2, 0) is 4.74 Å². The number of nitrogens with one attached hydrogen (secondary N) is 3. The Bertz CT molecular complexity index is 1090. The highest BCUT2D eigenvalue weighted by Crippen LogP contribution is 2.20. The summed E-state index contributed by atoms with van der Waals surface area (Å²) in [5.74, 6) is -0.208. The van der Waals surface area contributed by atoms with Gasteiger partial charge in [0.25, 0.3) is 5.91 Å². The number of hydrogen-bond acceptors (Lipinski definition) is 5. The molecular weight excluding hydrogens is 420 g/mol. The van der Waals surface area contributed by atoms with Crippen LogP contribution in [0.5, 0.6) is 0 Å². The maximum atomic E-state index is 12.8. The molecule has 3 N–H and O–H groups in total. The Morgan fingerprint density at radius 1 is 1.00 bits per heavy atom. The van der Waals surface area contributed by atoms with Crippen LogP contribution in [0, 0.1) is 0 Å². The second-order valence-electron chi connectivity index (χ2n) is 7.71. The molecule has 0 aliphatic carbocycles. The quantitative estimate of drug-likeness (QED) is 0.514. The summed E-state index contributed by atoms with van der Waals surface area (Å²) in [6.45, 7) is 5.79. The lowest BCUT2D eigenvalue weighted by Crippen LogP contribution is -2.36. The van der Waals surface area contributed by atoms with E-state index in [1.54, 1.807) is 35.3 Å². The van der Waals surface area contributed by atoms with Crippen LogP contribution >= 0.6 is 0 Å². The smallest absolute Gasteiger partial charge is 0.319 e. The maximum Gasteiger partial charge on any atom is 0.319 e. The number of nitrogens with zero attached hydrogens (tertiary/aromatic N) is 3. The van der Waals surface area contributed by atoms with E-state index in [1.165, 1.54) is 0 Å². The van der Waals surface area contributed by atoms with Crippen LogP contribution in [0.1, 0.15) is 23.7 Å². The fraction of sp³-hybridized carbons (Fsp3) is 0.292. The first-order valence-corrected chi connectivity index (χ1v) is 11.1. The van der Waals surface area contributed by atoms with Crippen LogP contribution in [0.15, 0.2) is 60.9 Å². The van der Waals surface area contributed by atoms with Gasteiger partial charge in [-0.2, -0.15) is 5.10 Å². The number of rotatable bonds is 7. The predicted molar refractivity (Wildman–Crippen MR) is 128 cm³/mol. The van der Waals surface area contributed by atoms with Crippen molar-refractivity contribution in [3.05, 3.63) is 66.5 Å². The predicted octanol–water partition coefficient (Wildman–Crippen LogP) is 3.49. The van der Waals surface area contributed by atoms with E-state index in [-0.39, 0.29) is 11.9 Å². The molecule has 1 fully saturated rings. The zero-order valence-electron chi connectivity index (χ0n) is 18.6. The van der Waals surface area contributed by atoms with Gasteiger partial charge in [0.15, 0.2) is 0 Å². The van der Waals surface area contributed by atoms with Crippen molar-refractivity contribution in [3.8, 4) is 5.69 Å². The molecule has 1 aliphatic rings. The molecule has 0 radical (unpaired) electrons. The number of carbonyl (C=O) groups excluding carboxylic acids is 2. The van der Waals surface area contributed by atoms with Crippen LogP contribution in [0.4, 0.5) is 21.9 Å². The van der Waals surface area contributed by atoms with Crippen molar-refractivity contribution in [1.82, 2.24) is 15.1 Å². The van der Waals surface area contributed by atoms with Gasteiger partial charge in [-0.05, 0) is 48.9 Å². The molecule has 1 aromatic heterocycles. The highest BCUT2D eigenvalue weighted by Gasteiger charge is 2.12. The molecule has 4 rings (SSSR count). The third kappa shape index (κ3) is 5.89. The fourth-order valence-corrected chi connectivity index (χ4v) is 3.51. The molecule has 3 aromatic rings. The highest BCUT2D eigenvalue weighted by atomic mass is 16.5. The van der Waals surface area contributed by atoms with Crippen molar-refractivity contribution in [3.63, 3.8) is 0 Å². The lowest BCUT2D eigenvalue weighted by atomic mass is 10.1. The summed E-state index contributed by atoms with van der Waals surface area (Å²) in [5.41, 5.74) is 3.64. The molecule has 1 aliphatic heterocycles. The standard InChI is InChI=1S/C24H28N6O3/c1-2-10-25-24(32)28-20-16-26-30(17-20)22-5-3-4-18(15-22)23(31)27-19-6-8-21(9-7-19)29-11-13-33-14-12-29/h3-9,15-17H,2,10-14H2,1H3,(H,27,31)(H2,25,28,32). The number of anilines is 3. The molecule has 0 atom stereocenters. The molecule has 0 unspecified atom stereocenters. The molecule has 2 aromatic carbocycles. The molecule has 33 heavy (non-hydrogen) atoms. The molecule has 1 saturated heterocycles. The summed E-state index contributed by atoms with van der Waals surface area (Å²) >= 11 is 0. The monoisotopic (exact) mass is 448 g/mol. The van der Waals surface area contributed by atoms with E-state index in [2.05, 4.69) is 25.9 Å². The summed E-state index contributed by atoms with van der Waals surface area (Å²) in [4.78, 5) is 26.9. The van der Waals surface area contributed by atoms with E-state index in [4.69, 9.17) is 4.74 Å². The Morgan fingerprint density at radius 2 is 1.79 bits per heavy atom. The zero-order chi connectivity index (χ0) is 23.0. The summed E-state index contributed by atoms with van der Waals surface area (Å²) in [5, 5.41) is 12.7. The minimum absolute atomic E-state index is 0.208. The van der Waals surface area contributed by atoms with Gasteiger partial charge < -0.3 is 25.6 Å². The topological polar surface area (TPSA) is 101 Å². The number of benzene rings is 2. The van der Waals surface area contributed by atoms with Crippen molar-refractivity contribution < 1.29 is 14.3 Å². The minimum atomic E-state index is -0.274. The van der Waals surface area contributed by atoms with E-state index in [1.807, 2.05) is 37.3 Å². The van der Waals surface area contributed by atoms with Crippen molar-refractivity contribution in [2.24, 2.45) is 0 Å². The van der Waals surface area contributed by atoms with Crippen LogP contribution in [-0.4, -0.2) is 54.6 Å². The van der Waals surface area contributed by atoms with Crippen LogP contribution < -0.4 is 20.9 Å². The van der Waals surface area contributed by atoms with Crippen molar-refractivity contribution in [2.45, 2.75) is 13.3 Å². The number of urea groups is 1. The van der Waals surface area contributed by atoms with Gasteiger partial charge in [-0.15, -0.1) is 0 Å². The van der Waals surface area contributed by atoms with E-state index >= 15 is 0 Å². The number of amides is 3. The molecule has 9 heteroatoms. The van der Waals surface area contributed by atoms with Gasteiger partial charge in [-0.3, -0.25) is 4.79 Å². The minimum Gasteiger partial charge on any atom is -0.378 e. The Balaban J connectivity index is 1.39. The summed E-state index contributed by atoms with van der Waals surface area (Å²) in [6.07, 6.45) is 4.13. The lowest BCUT2D eigenvalue weighted by Gasteiger charge is -2.28. The first-order valence-electron chi connectivity index (χ1n) is 11.1. The molecule has 172 valence electrons.